The molecule has 156 valence electrons. The van der Waals surface area contributed by atoms with E-state index in [1.54, 1.807) is 14.2 Å². The molecule has 0 saturated carbocycles. The Morgan fingerprint density at radius 1 is 1.07 bits per heavy atom. The van der Waals surface area contributed by atoms with E-state index >= 15 is 0 Å². The van der Waals surface area contributed by atoms with Gasteiger partial charge in [-0.25, -0.2) is 4.99 Å². The minimum Gasteiger partial charge on any atom is -0.493 e. The molecule has 2 heterocycles. The average Bonchev–Trinajstić information content (AvgIpc) is 3.24. The molecule has 2 aliphatic rings. The molecule has 0 unspecified atom stereocenters. The van der Waals surface area contributed by atoms with Gasteiger partial charge >= 0.3 is 0 Å². The maximum absolute atomic E-state index is 12.3. The lowest BCUT2D eigenvalue weighted by Gasteiger charge is -2.32. The fourth-order valence-corrected chi connectivity index (χ4v) is 3.70. The van der Waals surface area contributed by atoms with Crippen LogP contribution in [0, 0.1) is 0 Å². The molecule has 1 aromatic carbocycles. The highest BCUT2D eigenvalue weighted by atomic mass is 127. The van der Waals surface area contributed by atoms with Crippen LogP contribution in [0.25, 0.3) is 0 Å². The largest absolute Gasteiger partial charge is 0.493 e. The molecule has 0 aliphatic carbocycles. The van der Waals surface area contributed by atoms with Crippen LogP contribution in [-0.2, 0) is 17.8 Å². The number of nitrogens with zero attached hydrogens (tertiary/aromatic N) is 3. The lowest BCUT2D eigenvalue weighted by Crippen LogP contribution is -2.44. The predicted octanol–water partition coefficient (Wildman–Crippen LogP) is 2.27. The summed E-state index contributed by atoms with van der Waals surface area (Å²) in [5, 5.41) is 3.33. The van der Waals surface area contributed by atoms with E-state index in [1.165, 1.54) is 11.1 Å². The zero-order chi connectivity index (χ0) is 19.2. The van der Waals surface area contributed by atoms with Gasteiger partial charge in [0.05, 0.1) is 14.2 Å². The number of halogens is 1. The summed E-state index contributed by atoms with van der Waals surface area (Å²) in [5.74, 6) is 2.42. The minimum absolute atomic E-state index is 0. The number of aliphatic imine (C=N–C) groups is 1. The van der Waals surface area contributed by atoms with E-state index in [2.05, 4.69) is 21.3 Å². The molecule has 1 N–H and O–H groups in total. The van der Waals surface area contributed by atoms with Crippen molar-refractivity contribution >= 4 is 35.8 Å². The topological polar surface area (TPSA) is 66.4 Å². The minimum atomic E-state index is 0. The first kappa shape index (κ1) is 22.6. The summed E-state index contributed by atoms with van der Waals surface area (Å²) in [6.07, 6.45) is 3.10. The monoisotopic (exact) mass is 502 g/mol. The van der Waals surface area contributed by atoms with E-state index in [0.717, 1.165) is 69.4 Å². The Morgan fingerprint density at radius 2 is 1.71 bits per heavy atom. The van der Waals surface area contributed by atoms with E-state index in [-0.39, 0.29) is 36.4 Å². The van der Waals surface area contributed by atoms with Crippen LogP contribution in [0.4, 0.5) is 0 Å². The van der Waals surface area contributed by atoms with E-state index in [0.29, 0.717) is 0 Å². The highest BCUT2D eigenvalue weighted by Crippen LogP contribution is 2.33. The second-order valence-corrected chi connectivity index (χ2v) is 6.91. The summed E-state index contributed by atoms with van der Waals surface area (Å²) in [6.45, 7) is 6.34. The molecule has 1 aromatic rings. The summed E-state index contributed by atoms with van der Waals surface area (Å²) in [6, 6.07) is 4.10. The number of amides is 1. The molecule has 0 atom stereocenters. The van der Waals surface area contributed by atoms with Gasteiger partial charge in [-0.3, -0.25) is 4.79 Å². The molecule has 7 nitrogen and oxygen atoms in total. The number of benzene rings is 1. The van der Waals surface area contributed by atoms with Crippen molar-refractivity contribution in [2.75, 3.05) is 46.9 Å². The molecule has 1 fully saturated rings. The third kappa shape index (κ3) is 5.21. The van der Waals surface area contributed by atoms with Gasteiger partial charge in [-0.15, -0.1) is 24.0 Å². The molecule has 28 heavy (non-hydrogen) atoms. The normalized spacial score (nSPS) is 16.3. The summed E-state index contributed by atoms with van der Waals surface area (Å²) >= 11 is 0. The van der Waals surface area contributed by atoms with Crippen LogP contribution >= 0.6 is 24.0 Å². The van der Waals surface area contributed by atoms with Crippen LogP contribution in [0.5, 0.6) is 11.5 Å². The summed E-state index contributed by atoms with van der Waals surface area (Å²) < 4.78 is 10.9. The Bertz CT molecular complexity index is 705. The third-order valence-corrected chi connectivity index (χ3v) is 5.18. The van der Waals surface area contributed by atoms with Gasteiger partial charge in [-0.2, -0.15) is 0 Å². The van der Waals surface area contributed by atoms with Crippen LogP contribution in [0.2, 0.25) is 0 Å². The van der Waals surface area contributed by atoms with E-state index in [4.69, 9.17) is 9.47 Å². The molecule has 0 spiro atoms. The number of nitrogens with one attached hydrogen (secondary N) is 1. The number of carbonyl (C=O) groups is 1. The van der Waals surface area contributed by atoms with Crippen LogP contribution in [0.3, 0.4) is 0 Å². The predicted molar refractivity (Wildman–Crippen MR) is 121 cm³/mol. The van der Waals surface area contributed by atoms with Gasteiger partial charge in [-0.1, -0.05) is 0 Å². The summed E-state index contributed by atoms with van der Waals surface area (Å²) in [4.78, 5) is 21.1. The lowest BCUT2D eigenvalue weighted by molar-refractivity contribution is -0.128. The number of methoxy groups -OCH3 is 2. The quantitative estimate of drug-likeness (QED) is 0.380. The lowest BCUT2D eigenvalue weighted by atomic mass is 9.99. The Labute approximate surface area is 184 Å². The average molecular weight is 502 g/mol. The molecule has 1 saturated heterocycles. The van der Waals surface area contributed by atoms with Crippen LogP contribution in [0.1, 0.15) is 30.9 Å². The Morgan fingerprint density at radius 3 is 2.32 bits per heavy atom. The second kappa shape index (κ2) is 10.7. The first-order chi connectivity index (χ1) is 13.2. The van der Waals surface area contributed by atoms with Crippen molar-refractivity contribution in [3.8, 4) is 11.5 Å². The Balaban J connectivity index is 0.00000280. The molecule has 0 aromatic heterocycles. The van der Waals surface area contributed by atoms with Crippen molar-refractivity contribution in [1.29, 1.82) is 0 Å². The molecule has 2 aliphatic heterocycles. The molecule has 1 amide bonds. The zero-order valence-corrected chi connectivity index (χ0v) is 19.3. The van der Waals surface area contributed by atoms with Gasteiger partial charge in [0, 0.05) is 32.7 Å². The van der Waals surface area contributed by atoms with E-state index in [1.807, 2.05) is 17.9 Å². The summed E-state index contributed by atoms with van der Waals surface area (Å²) in [7, 11) is 3.31. The zero-order valence-electron chi connectivity index (χ0n) is 17.0. The Kier molecular flexibility index (Phi) is 8.65. The first-order valence-corrected chi connectivity index (χ1v) is 9.71. The fraction of sp³-hybridized carbons (Fsp3) is 0.600. The number of guanidine groups is 1. The maximum atomic E-state index is 12.3. The smallest absolute Gasteiger partial charge is 0.244 e. The van der Waals surface area contributed by atoms with Gasteiger partial charge in [0.2, 0.25) is 5.91 Å². The van der Waals surface area contributed by atoms with Crippen molar-refractivity contribution in [3.05, 3.63) is 23.3 Å². The Hall–Kier alpha value is -1.71. The third-order valence-electron chi connectivity index (χ3n) is 5.18. The van der Waals surface area contributed by atoms with Crippen molar-refractivity contribution in [2.45, 2.75) is 32.7 Å². The highest BCUT2D eigenvalue weighted by Gasteiger charge is 2.23. The van der Waals surface area contributed by atoms with Gasteiger partial charge in [0.25, 0.3) is 0 Å². The molecule has 8 heteroatoms. The van der Waals surface area contributed by atoms with Gasteiger partial charge < -0.3 is 24.6 Å². The van der Waals surface area contributed by atoms with Gasteiger partial charge in [0.15, 0.2) is 17.5 Å². The maximum Gasteiger partial charge on any atom is 0.244 e. The number of ether oxygens (including phenoxy) is 2. The van der Waals surface area contributed by atoms with E-state index < -0.39 is 0 Å². The number of rotatable bonds is 5. The molecule has 0 bridgehead atoms. The second-order valence-electron chi connectivity index (χ2n) is 6.91. The van der Waals surface area contributed by atoms with Crippen LogP contribution in [-0.4, -0.2) is 68.6 Å². The summed E-state index contributed by atoms with van der Waals surface area (Å²) in [5.41, 5.74) is 2.48. The molecular weight excluding hydrogens is 471 g/mol. The van der Waals surface area contributed by atoms with E-state index in [9.17, 15) is 4.79 Å². The van der Waals surface area contributed by atoms with Crippen molar-refractivity contribution in [2.24, 2.45) is 4.99 Å². The van der Waals surface area contributed by atoms with Gasteiger partial charge in [0.1, 0.15) is 6.54 Å². The molecular formula is C20H31IN4O3. The standard InChI is InChI=1S/C20H30N4O3.HI/c1-4-21-20(22-13-19(25)23-8-5-6-9-23)24-10-7-15-11-17(26-2)18(27-3)12-16(15)14-24;/h11-12H,4-10,13-14H2,1-3H3,(H,21,22);1H. The van der Waals surface area contributed by atoms with Crippen LogP contribution < -0.4 is 14.8 Å². The number of hydrogen-bond acceptors (Lipinski definition) is 4. The highest BCUT2D eigenvalue weighted by molar-refractivity contribution is 14.0. The van der Waals surface area contributed by atoms with Crippen molar-refractivity contribution in [3.63, 3.8) is 0 Å². The van der Waals surface area contributed by atoms with Crippen LogP contribution in [0.15, 0.2) is 17.1 Å². The first-order valence-electron chi connectivity index (χ1n) is 9.71. The number of carbonyl (C=O) groups excluding carboxylic acids is 1. The SMILES string of the molecule is CCNC(=NCC(=O)N1CCCC1)N1CCc2cc(OC)c(OC)cc2C1.I. The number of fused-ring (bicyclic) bond motifs is 1. The van der Waals surface area contributed by atoms with Gasteiger partial charge in [-0.05, 0) is 49.4 Å². The fourth-order valence-electron chi connectivity index (χ4n) is 3.70. The molecule has 3 rings (SSSR count). The number of hydrogen-bond donors (Lipinski definition) is 1. The van der Waals surface area contributed by atoms with Crippen molar-refractivity contribution in [1.82, 2.24) is 15.1 Å². The van der Waals surface area contributed by atoms with Crippen molar-refractivity contribution < 1.29 is 14.3 Å². The number of likely N-dealkylation sites (tertiary alicyclic amines) is 1. The molecule has 0 radical (unpaired) electrons.